The second-order valence-corrected chi connectivity index (χ2v) is 13.5. The quantitative estimate of drug-likeness (QED) is 0.240. The zero-order valence-electron chi connectivity index (χ0n) is 23.3. The van der Waals surface area contributed by atoms with Crippen molar-refractivity contribution in [3.8, 4) is 0 Å². The van der Waals surface area contributed by atoms with E-state index in [2.05, 4.69) is 5.32 Å². The van der Waals surface area contributed by atoms with Crippen LogP contribution in [0.5, 0.6) is 0 Å². The van der Waals surface area contributed by atoms with Gasteiger partial charge in [0.05, 0.1) is 20.6 Å². The van der Waals surface area contributed by atoms with Crippen molar-refractivity contribution in [2.45, 2.75) is 69.0 Å². The van der Waals surface area contributed by atoms with Gasteiger partial charge in [0, 0.05) is 17.6 Å². The van der Waals surface area contributed by atoms with Crippen LogP contribution in [0.2, 0.25) is 15.1 Å². The number of sulfonamides is 1. The van der Waals surface area contributed by atoms with Crippen LogP contribution in [0.1, 0.15) is 51.0 Å². The van der Waals surface area contributed by atoms with E-state index in [1.54, 1.807) is 54.6 Å². The van der Waals surface area contributed by atoms with Gasteiger partial charge in [-0.15, -0.1) is 0 Å². The van der Waals surface area contributed by atoms with E-state index in [1.165, 1.54) is 23.1 Å². The second kappa shape index (κ2) is 14.6. The minimum absolute atomic E-state index is 0.0240. The van der Waals surface area contributed by atoms with Crippen molar-refractivity contribution in [2.24, 2.45) is 0 Å². The molecule has 3 aromatic carbocycles. The second-order valence-electron chi connectivity index (χ2n) is 10.3. The molecule has 0 aliphatic heterocycles. The molecule has 1 saturated carbocycles. The third-order valence-electron chi connectivity index (χ3n) is 7.38. The van der Waals surface area contributed by atoms with E-state index < -0.39 is 28.5 Å². The number of carbonyl (C=O) groups excluding carboxylic acids is 2. The van der Waals surface area contributed by atoms with Crippen molar-refractivity contribution in [3.05, 3.63) is 93.4 Å². The molecule has 2 amide bonds. The van der Waals surface area contributed by atoms with Crippen LogP contribution in [-0.4, -0.2) is 43.8 Å². The van der Waals surface area contributed by atoms with Crippen LogP contribution in [-0.2, 0) is 26.2 Å². The predicted molar refractivity (Wildman–Crippen MR) is 169 cm³/mol. The highest BCUT2D eigenvalue weighted by atomic mass is 35.5. The zero-order chi connectivity index (χ0) is 30.3. The Morgan fingerprint density at radius 2 is 1.62 bits per heavy atom. The number of halogens is 3. The molecule has 3 aromatic rings. The van der Waals surface area contributed by atoms with Crippen molar-refractivity contribution >= 4 is 62.3 Å². The summed E-state index contributed by atoms with van der Waals surface area (Å²) in [4.78, 5) is 29.3. The Morgan fingerprint density at radius 1 is 0.905 bits per heavy atom. The molecule has 0 unspecified atom stereocenters. The Hall–Kier alpha value is -2.78. The smallest absolute Gasteiger partial charge is 0.264 e. The maximum atomic E-state index is 14.2. The molecule has 1 fully saturated rings. The summed E-state index contributed by atoms with van der Waals surface area (Å²) >= 11 is 18.6. The Labute approximate surface area is 262 Å². The van der Waals surface area contributed by atoms with E-state index in [4.69, 9.17) is 34.8 Å². The summed E-state index contributed by atoms with van der Waals surface area (Å²) in [5.41, 5.74) is 0.885. The predicted octanol–water partition coefficient (Wildman–Crippen LogP) is 7.10. The lowest BCUT2D eigenvalue weighted by atomic mass is 9.95. The molecule has 0 saturated heterocycles. The topological polar surface area (TPSA) is 86.8 Å². The number of rotatable bonds is 11. The summed E-state index contributed by atoms with van der Waals surface area (Å²) in [7, 11) is -4.17. The number of carbonyl (C=O) groups is 2. The number of amides is 2. The highest BCUT2D eigenvalue weighted by Gasteiger charge is 2.34. The highest BCUT2D eigenvalue weighted by molar-refractivity contribution is 7.92. The van der Waals surface area contributed by atoms with E-state index in [9.17, 15) is 18.0 Å². The van der Waals surface area contributed by atoms with Gasteiger partial charge in [-0.2, -0.15) is 0 Å². The molecule has 0 spiro atoms. The van der Waals surface area contributed by atoms with Gasteiger partial charge in [-0.3, -0.25) is 13.9 Å². The maximum absolute atomic E-state index is 14.2. The third-order valence-corrected chi connectivity index (χ3v) is 10.1. The van der Waals surface area contributed by atoms with E-state index in [-0.39, 0.29) is 29.1 Å². The first-order chi connectivity index (χ1) is 20.1. The maximum Gasteiger partial charge on any atom is 0.264 e. The number of hydrogen-bond donors (Lipinski definition) is 1. The average Bonchev–Trinajstić information content (AvgIpc) is 2.98. The largest absolute Gasteiger partial charge is 0.352 e. The molecule has 7 nitrogen and oxygen atoms in total. The number of benzene rings is 3. The van der Waals surface area contributed by atoms with Crippen LogP contribution in [0.4, 0.5) is 5.69 Å². The lowest BCUT2D eigenvalue weighted by Crippen LogP contribution is -2.54. The number of nitrogens with one attached hydrogen (secondary N) is 1. The molecule has 1 aliphatic rings. The van der Waals surface area contributed by atoms with Crippen LogP contribution < -0.4 is 9.62 Å². The van der Waals surface area contributed by atoms with Gasteiger partial charge in [0.25, 0.3) is 10.0 Å². The van der Waals surface area contributed by atoms with Gasteiger partial charge in [-0.05, 0) is 67.3 Å². The Kier molecular flexibility index (Phi) is 11.2. The summed E-state index contributed by atoms with van der Waals surface area (Å²) in [6.45, 7) is 1.31. The zero-order valence-corrected chi connectivity index (χ0v) is 26.4. The third kappa shape index (κ3) is 7.98. The van der Waals surface area contributed by atoms with E-state index in [0.29, 0.717) is 27.1 Å². The van der Waals surface area contributed by atoms with E-state index in [0.717, 1.165) is 36.4 Å². The van der Waals surface area contributed by atoms with Gasteiger partial charge in [0.2, 0.25) is 11.8 Å². The van der Waals surface area contributed by atoms with Gasteiger partial charge in [-0.25, -0.2) is 8.42 Å². The summed E-state index contributed by atoms with van der Waals surface area (Å²) in [6.07, 6.45) is 5.33. The molecular weight excluding hydrogens is 617 g/mol. The number of anilines is 1. The lowest BCUT2D eigenvalue weighted by molar-refractivity contribution is -0.140. The van der Waals surface area contributed by atoms with Crippen LogP contribution in [0.25, 0.3) is 0 Å². The Morgan fingerprint density at radius 3 is 2.26 bits per heavy atom. The molecule has 1 atom stereocenters. The van der Waals surface area contributed by atoms with Crippen molar-refractivity contribution in [2.75, 3.05) is 10.8 Å². The number of hydrogen-bond acceptors (Lipinski definition) is 4. The van der Waals surface area contributed by atoms with Crippen molar-refractivity contribution in [1.82, 2.24) is 10.2 Å². The SMILES string of the molecule is CC[C@H](C(=O)NC1CCCCC1)N(Cc1ccc(Cl)c(Cl)c1)C(=O)CN(c1cccc(Cl)c1)S(=O)(=O)c1ccccc1. The summed E-state index contributed by atoms with van der Waals surface area (Å²) < 4.78 is 28.8. The van der Waals surface area contributed by atoms with Crippen molar-refractivity contribution in [1.29, 1.82) is 0 Å². The Balaban J connectivity index is 1.71. The lowest BCUT2D eigenvalue weighted by Gasteiger charge is -2.34. The van der Waals surface area contributed by atoms with Crippen LogP contribution in [0.15, 0.2) is 77.7 Å². The Bertz CT molecular complexity index is 1500. The van der Waals surface area contributed by atoms with Gasteiger partial charge < -0.3 is 10.2 Å². The fraction of sp³-hybridized carbons (Fsp3) is 0.355. The summed E-state index contributed by atoms with van der Waals surface area (Å²) in [5.74, 6) is -0.816. The molecular formula is C31H34Cl3N3O4S. The van der Waals surface area contributed by atoms with E-state index in [1.807, 2.05) is 6.92 Å². The van der Waals surface area contributed by atoms with Crippen LogP contribution >= 0.6 is 34.8 Å². The molecule has 11 heteroatoms. The monoisotopic (exact) mass is 649 g/mol. The molecule has 1 aliphatic carbocycles. The molecule has 0 bridgehead atoms. The van der Waals surface area contributed by atoms with Crippen LogP contribution in [0.3, 0.4) is 0 Å². The van der Waals surface area contributed by atoms with Crippen molar-refractivity contribution in [3.63, 3.8) is 0 Å². The van der Waals surface area contributed by atoms with E-state index >= 15 is 0 Å². The van der Waals surface area contributed by atoms with Gasteiger partial charge in [0.1, 0.15) is 12.6 Å². The van der Waals surface area contributed by atoms with Gasteiger partial charge >= 0.3 is 0 Å². The molecule has 0 aromatic heterocycles. The molecule has 0 radical (unpaired) electrons. The van der Waals surface area contributed by atoms with Crippen molar-refractivity contribution < 1.29 is 18.0 Å². The summed E-state index contributed by atoms with van der Waals surface area (Å²) in [6, 6.07) is 18.4. The van der Waals surface area contributed by atoms with Gasteiger partial charge in [-0.1, -0.05) is 91.3 Å². The average molecular weight is 651 g/mol. The number of nitrogens with zero attached hydrogens (tertiary/aromatic N) is 2. The minimum atomic E-state index is -4.17. The molecule has 224 valence electrons. The van der Waals surface area contributed by atoms with Crippen LogP contribution in [0, 0.1) is 0 Å². The normalized spacial score (nSPS) is 14.7. The standard InChI is InChI=1S/C31H34Cl3N3O4S/c1-2-29(31(39)35-24-11-5-3-6-12-24)36(20-22-16-17-27(33)28(34)18-22)30(38)21-37(25-13-9-10-23(32)19-25)42(40,41)26-14-7-4-8-15-26/h4,7-10,13-19,24,29H,2-3,5-6,11-12,20-21H2,1H3,(H,35,39)/t29-/m1/s1. The first-order valence-electron chi connectivity index (χ1n) is 14.0. The minimum Gasteiger partial charge on any atom is -0.352 e. The fourth-order valence-electron chi connectivity index (χ4n) is 5.18. The molecule has 0 heterocycles. The highest BCUT2D eigenvalue weighted by Crippen LogP contribution is 2.28. The summed E-state index contributed by atoms with van der Waals surface area (Å²) in [5, 5.41) is 4.13. The van der Waals surface area contributed by atoms with Gasteiger partial charge in [0.15, 0.2) is 0 Å². The molecule has 1 N–H and O–H groups in total. The first kappa shape index (κ1) is 32.1. The first-order valence-corrected chi connectivity index (χ1v) is 16.5. The fourth-order valence-corrected chi connectivity index (χ4v) is 7.11. The molecule has 42 heavy (non-hydrogen) atoms. The molecule has 4 rings (SSSR count).